The molecule has 1 aromatic carbocycles. The summed E-state index contributed by atoms with van der Waals surface area (Å²) in [6, 6.07) is 5.38. The third-order valence-electron chi connectivity index (χ3n) is 3.63. The summed E-state index contributed by atoms with van der Waals surface area (Å²) in [5.74, 6) is 0.298. The Balaban J connectivity index is 2.29. The van der Waals surface area contributed by atoms with Crippen molar-refractivity contribution in [3.05, 3.63) is 51.9 Å². The first-order chi connectivity index (χ1) is 11.4. The van der Waals surface area contributed by atoms with Gasteiger partial charge in [0.2, 0.25) is 0 Å². The van der Waals surface area contributed by atoms with E-state index in [0.717, 1.165) is 16.5 Å². The fraction of sp³-hybridized carbons (Fsp3) is 0.368. The molecule has 2 rings (SSSR count). The average molecular weight is 330 g/mol. The molecule has 0 aliphatic carbocycles. The Bertz CT molecular complexity index is 816. The van der Waals surface area contributed by atoms with Crippen molar-refractivity contribution < 1.29 is 18.7 Å². The standard InChI is InChI=1S/C19H22O5/c1-5-22-18(20)9-8-16-13(4)15-7-6-14(23-11-12(2)3)10-17(15)24-19(16)21/h6-7,10H,2,5,8-9,11H2,1,3-4H3. The molecule has 5 heteroatoms. The van der Waals surface area contributed by atoms with Gasteiger partial charge >= 0.3 is 11.6 Å². The number of hydrogen-bond donors (Lipinski definition) is 0. The highest BCUT2D eigenvalue weighted by Crippen LogP contribution is 2.25. The molecule has 0 N–H and O–H groups in total. The predicted molar refractivity (Wildman–Crippen MR) is 92.5 cm³/mol. The molecule has 2 aromatic rings. The molecule has 1 aromatic heterocycles. The van der Waals surface area contributed by atoms with E-state index in [2.05, 4.69) is 6.58 Å². The zero-order valence-corrected chi connectivity index (χ0v) is 14.3. The monoisotopic (exact) mass is 330 g/mol. The van der Waals surface area contributed by atoms with E-state index in [-0.39, 0.29) is 12.4 Å². The quantitative estimate of drug-likeness (QED) is 0.441. The number of rotatable bonds is 7. The van der Waals surface area contributed by atoms with E-state index in [0.29, 0.717) is 36.5 Å². The van der Waals surface area contributed by atoms with E-state index in [9.17, 15) is 9.59 Å². The molecule has 0 amide bonds. The first kappa shape index (κ1) is 17.8. The fourth-order valence-corrected chi connectivity index (χ4v) is 2.42. The number of esters is 1. The Morgan fingerprint density at radius 2 is 2.08 bits per heavy atom. The topological polar surface area (TPSA) is 65.7 Å². The summed E-state index contributed by atoms with van der Waals surface area (Å²) in [4.78, 5) is 23.7. The van der Waals surface area contributed by atoms with Gasteiger partial charge in [-0.25, -0.2) is 4.79 Å². The van der Waals surface area contributed by atoms with Crippen LogP contribution in [0.4, 0.5) is 0 Å². The first-order valence-electron chi connectivity index (χ1n) is 7.91. The van der Waals surface area contributed by atoms with E-state index in [1.54, 1.807) is 13.0 Å². The van der Waals surface area contributed by atoms with Gasteiger partial charge in [-0.3, -0.25) is 4.79 Å². The van der Waals surface area contributed by atoms with Crippen molar-refractivity contribution in [1.82, 2.24) is 0 Å². The van der Waals surface area contributed by atoms with E-state index < -0.39 is 5.63 Å². The van der Waals surface area contributed by atoms with Crippen molar-refractivity contribution in [3.63, 3.8) is 0 Å². The molecule has 128 valence electrons. The minimum absolute atomic E-state index is 0.157. The van der Waals surface area contributed by atoms with Gasteiger partial charge in [-0.05, 0) is 50.5 Å². The second kappa shape index (κ2) is 7.81. The minimum Gasteiger partial charge on any atom is -0.489 e. The van der Waals surface area contributed by atoms with Crippen molar-refractivity contribution in [2.75, 3.05) is 13.2 Å². The molecule has 24 heavy (non-hydrogen) atoms. The molecule has 0 spiro atoms. The molecule has 0 bridgehead atoms. The summed E-state index contributed by atoms with van der Waals surface area (Å²) < 4.78 is 15.9. The van der Waals surface area contributed by atoms with E-state index in [4.69, 9.17) is 13.9 Å². The molecule has 5 nitrogen and oxygen atoms in total. The van der Waals surface area contributed by atoms with Gasteiger partial charge in [-0.1, -0.05) is 6.58 Å². The zero-order valence-electron chi connectivity index (χ0n) is 14.3. The average Bonchev–Trinajstić information content (AvgIpc) is 2.52. The van der Waals surface area contributed by atoms with Crippen molar-refractivity contribution >= 4 is 16.9 Å². The van der Waals surface area contributed by atoms with Gasteiger partial charge in [0.1, 0.15) is 17.9 Å². The second-order valence-corrected chi connectivity index (χ2v) is 5.70. The van der Waals surface area contributed by atoms with Crippen molar-refractivity contribution in [2.45, 2.75) is 33.6 Å². The van der Waals surface area contributed by atoms with Crippen LogP contribution in [0.15, 0.2) is 39.6 Å². The van der Waals surface area contributed by atoms with Gasteiger partial charge in [0.15, 0.2) is 0 Å². The smallest absolute Gasteiger partial charge is 0.339 e. The van der Waals surface area contributed by atoms with Crippen molar-refractivity contribution in [1.29, 1.82) is 0 Å². The Labute approximate surface area is 140 Å². The fourth-order valence-electron chi connectivity index (χ4n) is 2.42. The van der Waals surface area contributed by atoms with Crippen LogP contribution in [0.3, 0.4) is 0 Å². The van der Waals surface area contributed by atoms with Gasteiger partial charge in [0.05, 0.1) is 6.61 Å². The third kappa shape index (κ3) is 4.25. The van der Waals surface area contributed by atoms with Crippen LogP contribution in [0, 0.1) is 6.92 Å². The van der Waals surface area contributed by atoms with E-state index >= 15 is 0 Å². The van der Waals surface area contributed by atoms with Gasteiger partial charge < -0.3 is 13.9 Å². The number of benzene rings is 1. The van der Waals surface area contributed by atoms with Gasteiger partial charge in [0.25, 0.3) is 0 Å². The zero-order chi connectivity index (χ0) is 17.7. The molecule has 0 aliphatic heterocycles. The van der Waals surface area contributed by atoms with Crippen LogP contribution in [0.25, 0.3) is 11.0 Å². The molecule has 0 fully saturated rings. The normalized spacial score (nSPS) is 10.6. The third-order valence-corrected chi connectivity index (χ3v) is 3.63. The van der Waals surface area contributed by atoms with Crippen LogP contribution in [-0.4, -0.2) is 19.2 Å². The van der Waals surface area contributed by atoms with Gasteiger partial charge in [-0.15, -0.1) is 0 Å². The van der Waals surface area contributed by atoms with Crippen LogP contribution in [0.5, 0.6) is 5.75 Å². The summed E-state index contributed by atoms with van der Waals surface area (Å²) in [6.07, 6.45) is 0.460. The maximum Gasteiger partial charge on any atom is 0.339 e. The van der Waals surface area contributed by atoms with E-state index in [1.165, 1.54) is 0 Å². The first-order valence-corrected chi connectivity index (χ1v) is 7.91. The molecule has 0 saturated heterocycles. The second-order valence-electron chi connectivity index (χ2n) is 5.70. The van der Waals surface area contributed by atoms with Gasteiger partial charge in [0, 0.05) is 23.4 Å². The number of carbonyl (C=O) groups excluding carboxylic acids is 1. The lowest BCUT2D eigenvalue weighted by molar-refractivity contribution is -0.143. The number of ether oxygens (including phenoxy) is 2. The summed E-state index contributed by atoms with van der Waals surface area (Å²) in [5.41, 5.74) is 2.27. The highest BCUT2D eigenvalue weighted by Gasteiger charge is 2.14. The molecule has 0 saturated carbocycles. The Morgan fingerprint density at radius 3 is 2.75 bits per heavy atom. The molecule has 0 atom stereocenters. The van der Waals surface area contributed by atoms with E-state index in [1.807, 2.05) is 26.0 Å². The molecule has 1 heterocycles. The molecular weight excluding hydrogens is 308 g/mol. The van der Waals surface area contributed by atoms with Crippen molar-refractivity contribution in [3.8, 4) is 5.75 Å². The Morgan fingerprint density at radius 1 is 1.33 bits per heavy atom. The summed E-state index contributed by atoms with van der Waals surface area (Å²) in [6.45, 7) is 10.0. The molecular formula is C19H22O5. The van der Waals surface area contributed by atoms with Gasteiger partial charge in [-0.2, -0.15) is 0 Å². The summed E-state index contributed by atoms with van der Waals surface area (Å²) in [5, 5.41) is 0.830. The van der Waals surface area contributed by atoms with Crippen LogP contribution in [0.2, 0.25) is 0 Å². The highest BCUT2D eigenvalue weighted by molar-refractivity contribution is 5.82. The summed E-state index contributed by atoms with van der Waals surface area (Å²) in [7, 11) is 0. The lowest BCUT2D eigenvalue weighted by atomic mass is 10.0. The largest absolute Gasteiger partial charge is 0.489 e. The lowest BCUT2D eigenvalue weighted by Crippen LogP contribution is -2.13. The Hall–Kier alpha value is -2.56. The van der Waals surface area contributed by atoms with Crippen LogP contribution >= 0.6 is 0 Å². The number of hydrogen-bond acceptors (Lipinski definition) is 5. The van der Waals surface area contributed by atoms with Crippen LogP contribution in [-0.2, 0) is 16.0 Å². The Kier molecular flexibility index (Phi) is 5.79. The molecule has 0 unspecified atom stereocenters. The SMILES string of the molecule is C=C(C)COc1ccc2c(C)c(CCC(=O)OCC)c(=O)oc2c1. The predicted octanol–water partition coefficient (Wildman–Crippen LogP) is 3.55. The van der Waals surface area contributed by atoms with Crippen LogP contribution < -0.4 is 10.4 Å². The van der Waals surface area contributed by atoms with Crippen molar-refractivity contribution in [2.24, 2.45) is 0 Å². The lowest BCUT2D eigenvalue weighted by Gasteiger charge is -2.10. The maximum atomic E-state index is 12.2. The summed E-state index contributed by atoms with van der Waals surface area (Å²) >= 11 is 0. The molecule has 0 aliphatic rings. The minimum atomic E-state index is -0.429. The number of aryl methyl sites for hydroxylation is 1. The van der Waals surface area contributed by atoms with Crippen LogP contribution in [0.1, 0.15) is 31.4 Å². The molecule has 0 radical (unpaired) electrons. The highest BCUT2D eigenvalue weighted by atomic mass is 16.5. The maximum absolute atomic E-state index is 12.2. The number of fused-ring (bicyclic) bond motifs is 1. The number of carbonyl (C=O) groups is 1.